The maximum atomic E-state index is 13.3. The minimum absolute atomic E-state index is 0. The fourth-order valence-corrected chi connectivity index (χ4v) is 2.22. The number of halogens is 20. The first-order chi connectivity index (χ1) is 14.2. The molecule has 0 fully saturated rings. The lowest BCUT2D eigenvalue weighted by Gasteiger charge is -2.43. The largest absolute Gasteiger partial charge is 0.460 e. The summed E-state index contributed by atoms with van der Waals surface area (Å²) in [5.74, 6) is -70.6. The molecule has 0 aliphatic rings. The van der Waals surface area contributed by atoms with Crippen LogP contribution < -0.4 is 6.15 Å². The summed E-state index contributed by atoms with van der Waals surface area (Å²) in [6, 6.07) is 0. The highest BCUT2D eigenvalue weighted by Gasteiger charge is 2.97. The quantitative estimate of drug-likeness (QED) is 0.253. The van der Waals surface area contributed by atoms with Crippen LogP contribution in [0.3, 0.4) is 0 Å². The molecule has 0 heterocycles. The molecule has 4 N–H and O–H groups in total. The van der Waals surface area contributed by atoms with Crippen molar-refractivity contribution < 1.29 is 101 Å². The predicted octanol–water partition coefficient (Wildman–Crippen LogP) is 5.98. The zero-order valence-corrected chi connectivity index (χ0v) is 15.8. The van der Waals surface area contributed by atoms with Crippen LogP contribution in [0.2, 0.25) is 0 Å². The van der Waals surface area contributed by atoms with Gasteiger partial charge in [-0.05, 0) is 0 Å². The maximum Gasteiger partial charge on any atom is 0.460 e. The van der Waals surface area contributed by atoms with E-state index in [0.29, 0.717) is 0 Å². The molecule has 0 saturated heterocycles. The average Bonchev–Trinajstić information content (AvgIpc) is 2.57. The standard InChI is InChI=1S/C10H2F20O3S.H3N/c11-1(34(31,32)33)2(12,13)3(14,15)4(16,17)5(18,19)6(20,21)7(22,23)8(24,25)9(26,27)10(28,29)30;/h1H,(H,31,32,33);1H3. The van der Waals surface area contributed by atoms with E-state index in [9.17, 15) is 96.2 Å². The van der Waals surface area contributed by atoms with Crippen LogP contribution in [0.1, 0.15) is 0 Å². The molecule has 35 heavy (non-hydrogen) atoms. The first kappa shape index (κ1) is 35.6. The smallest absolute Gasteiger partial charge is 0.344 e. The van der Waals surface area contributed by atoms with Crippen LogP contribution in [0.5, 0.6) is 0 Å². The Kier molecular flexibility index (Phi) is 8.66. The monoisotopic (exact) mass is 599 g/mol. The minimum atomic E-state index is -9.22. The molecule has 214 valence electrons. The van der Waals surface area contributed by atoms with Gasteiger partial charge in [-0.2, -0.15) is 91.8 Å². The molecule has 0 aromatic carbocycles. The molecule has 0 aromatic heterocycles. The Hall–Kier alpha value is -1.53. The fourth-order valence-electron chi connectivity index (χ4n) is 1.70. The van der Waals surface area contributed by atoms with Crippen LogP contribution in [0.25, 0.3) is 0 Å². The molecular formula is C10H5F20NO3S. The summed E-state index contributed by atoms with van der Waals surface area (Å²) in [7, 11) is -7.33. The molecule has 0 aliphatic carbocycles. The Morgan fingerprint density at radius 1 is 0.457 bits per heavy atom. The Morgan fingerprint density at radius 2 is 0.657 bits per heavy atom. The SMILES string of the molecule is N.O=S(=O)(O)C(F)C(F)(F)C(F)(F)C(F)(F)C(F)(F)C(F)(F)C(F)(F)C(F)(F)C(F)(F)C(F)(F)F. The van der Waals surface area contributed by atoms with Crippen LogP contribution in [0.4, 0.5) is 87.8 Å². The summed E-state index contributed by atoms with van der Waals surface area (Å²) in [6.45, 7) is 0. The number of hydrogen-bond acceptors (Lipinski definition) is 3. The number of hydrogen-bond donors (Lipinski definition) is 2. The zero-order chi connectivity index (χ0) is 28.6. The van der Waals surface area contributed by atoms with Gasteiger partial charge in [-0.15, -0.1) is 0 Å². The Balaban J connectivity index is 0. The molecule has 25 heteroatoms. The van der Waals surface area contributed by atoms with E-state index in [4.69, 9.17) is 4.55 Å². The van der Waals surface area contributed by atoms with E-state index in [1.165, 1.54) is 0 Å². The summed E-state index contributed by atoms with van der Waals surface area (Å²) >= 11 is 0. The van der Waals surface area contributed by atoms with Crippen LogP contribution in [0, 0.1) is 0 Å². The summed E-state index contributed by atoms with van der Waals surface area (Å²) < 4.78 is 286. The van der Waals surface area contributed by atoms with Gasteiger partial charge in [0.25, 0.3) is 5.50 Å². The summed E-state index contributed by atoms with van der Waals surface area (Å²) in [5.41, 5.74) is -6.12. The Labute approximate surface area is 177 Å². The molecule has 1 unspecified atom stereocenters. The topological polar surface area (TPSA) is 89.4 Å². The molecule has 0 spiro atoms. The highest BCUT2D eigenvalue weighted by Crippen LogP contribution is 2.65. The molecule has 4 nitrogen and oxygen atoms in total. The van der Waals surface area contributed by atoms with Crippen molar-refractivity contribution >= 4 is 10.1 Å². The van der Waals surface area contributed by atoms with Gasteiger partial charge in [0.2, 0.25) is 0 Å². The van der Waals surface area contributed by atoms with Crippen LogP contribution in [-0.4, -0.2) is 72.0 Å². The van der Waals surface area contributed by atoms with Crippen molar-refractivity contribution in [3.63, 3.8) is 0 Å². The minimum Gasteiger partial charge on any atom is -0.344 e. The third-order valence-corrected chi connectivity index (χ3v) is 4.51. The van der Waals surface area contributed by atoms with Crippen molar-refractivity contribution in [2.45, 2.75) is 59.1 Å². The molecule has 0 saturated carbocycles. The second-order valence-corrected chi connectivity index (χ2v) is 7.42. The molecular weight excluding hydrogens is 594 g/mol. The first-order valence-corrected chi connectivity index (χ1v) is 8.35. The van der Waals surface area contributed by atoms with Crippen molar-refractivity contribution in [3.8, 4) is 0 Å². The van der Waals surface area contributed by atoms with Gasteiger partial charge in [0.05, 0.1) is 0 Å². The van der Waals surface area contributed by atoms with Gasteiger partial charge in [-0.3, -0.25) is 4.55 Å². The van der Waals surface area contributed by atoms with E-state index >= 15 is 0 Å². The third kappa shape index (κ3) is 4.43. The molecule has 0 amide bonds. The predicted molar refractivity (Wildman–Crippen MR) is 67.1 cm³/mol. The van der Waals surface area contributed by atoms with Gasteiger partial charge in [-0.1, -0.05) is 0 Å². The second-order valence-electron chi connectivity index (χ2n) is 5.97. The van der Waals surface area contributed by atoms with Gasteiger partial charge in [0, 0.05) is 0 Å². The van der Waals surface area contributed by atoms with E-state index < -0.39 is 69.2 Å². The number of rotatable bonds is 9. The molecule has 0 radical (unpaired) electrons. The molecule has 0 aromatic rings. The van der Waals surface area contributed by atoms with Crippen molar-refractivity contribution in [2.75, 3.05) is 0 Å². The first-order valence-electron chi connectivity index (χ1n) is 6.85. The van der Waals surface area contributed by atoms with Gasteiger partial charge >= 0.3 is 63.7 Å². The molecule has 0 rings (SSSR count). The summed E-state index contributed by atoms with van der Waals surface area (Å²) in [4.78, 5) is 0. The Bertz CT molecular complexity index is 876. The van der Waals surface area contributed by atoms with E-state index in [2.05, 4.69) is 0 Å². The van der Waals surface area contributed by atoms with Gasteiger partial charge in [-0.25, -0.2) is 4.39 Å². The van der Waals surface area contributed by atoms with E-state index in [1.807, 2.05) is 0 Å². The van der Waals surface area contributed by atoms with Crippen molar-refractivity contribution in [1.29, 1.82) is 0 Å². The molecule has 0 aliphatic heterocycles. The highest BCUT2D eigenvalue weighted by atomic mass is 32.2. The van der Waals surface area contributed by atoms with E-state index in [1.54, 1.807) is 0 Å². The highest BCUT2D eigenvalue weighted by molar-refractivity contribution is 7.86. The van der Waals surface area contributed by atoms with Crippen LogP contribution in [-0.2, 0) is 10.1 Å². The van der Waals surface area contributed by atoms with E-state index in [0.717, 1.165) is 0 Å². The van der Waals surface area contributed by atoms with Gasteiger partial charge in [0.1, 0.15) is 0 Å². The lowest BCUT2D eigenvalue weighted by Crippen LogP contribution is -2.76. The zero-order valence-electron chi connectivity index (χ0n) is 15.0. The fraction of sp³-hybridized carbons (Fsp3) is 1.00. The van der Waals surface area contributed by atoms with Crippen molar-refractivity contribution in [1.82, 2.24) is 6.15 Å². The van der Waals surface area contributed by atoms with Gasteiger partial charge < -0.3 is 6.15 Å². The van der Waals surface area contributed by atoms with Gasteiger partial charge in [0.15, 0.2) is 0 Å². The summed E-state index contributed by atoms with van der Waals surface area (Å²) in [5, 5.41) is 0. The maximum absolute atomic E-state index is 13.3. The van der Waals surface area contributed by atoms with Crippen molar-refractivity contribution in [3.05, 3.63) is 0 Å². The average molecular weight is 599 g/mol. The van der Waals surface area contributed by atoms with Crippen LogP contribution >= 0.6 is 0 Å². The second kappa shape index (κ2) is 8.51. The summed E-state index contributed by atoms with van der Waals surface area (Å²) in [6.07, 6.45) is -8.03. The third-order valence-electron chi connectivity index (χ3n) is 3.69. The van der Waals surface area contributed by atoms with Crippen molar-refractivity contribution in [2.24, 2.45) is 0 Å². The molecule has 0 bridgehead atoms. The lowest BCUT2D eigenvalue weighted by molar-refractivity contribution is -0.469. The van der Waals surface area contributed by atoms with E-state index in [-0.39, 0.29) is 6.15 Å². The normalized spacial score (nSPS) is 17.2. The lowest BCUT2D eigenvalue weighted by atomic mass is 9.87. The molecule has 1 atom stereocenters. The Morgan fingerprint density at radius 3 is 0.857 bits per heavy atom. The van der Waals surface area contributed by atoms with Crippen LogP contribution in [0.15, 0.2) is 0 Å². The number of alkyl halides is 20.